The fourth-order valence-corrected chi connectivity index (χ4v) is 2.17. The van der Waals surface area contributed by atoms with Crippen LogP contribution in [0.3, 0.4) is 0 Å². The Morgan fingerprint density at radius 3 is 3.12 bits per heavy atom. The van der Waals surface area contributed by atoms with Crippen LogP contribution in [-0.2, 0) is 0 Å². The summed E-state index contributed by atoms with van der Waals surface area (Å²) in [5.74, 6) is 0.768. The second-order valence-electron chi connectivity index (χ2n) is 5.05. The maximum absolute atomic E-state index is 11.2. The third-order valence-electron chi connectivity index (χ3n) is 3.57. The van der Waals surface area contributed by atoms with Crippen molar-refractivity contribution < 1.29 is 0 Å². The fourth-order valence-electron chi connectivity index (χ4n) is 2.17. The molecule has 0 aromatic carbocycles. The number of aromatic amines is 1. The summed E-state index contributed by atoms with van der Waals surface area (Å²) in [4.78, 5) is 15.4. The van der Waals surface area contributed by atoms with Crippen LogP contribution in [0.2, 0.25) is 0 Å². The average molecular weight is 233 g/mol. The summed E-state index contributed by atoms with van der Waals surface area (Å²) in [7, 11) is 0. The van der Waals surface area contributed by atoms with E-state index in [-0.39, 0.29) is 5.69 Å². The van der Waals surface area contributed by atoms with Crippen molar-refractivity contribution in [2.45, 2.75) is 26.2 Å². The predicted octanol–water partition coefficient (Wildman–Crippen LogP) is 1.02. The molecule has 0 aliphatic heterocycles. The van der Waals surface area contributed by atoms with Crippen LogP contribution in [0.25, 0.3) is 5.65 Å². The van der Waals surface area contributed by atoms with E-state index in [2.05, 4.69) is 27.4 Å². The minimum Gasteiger partial charge on any atom is -0.369 e. The van der Waals surface area contributed by atoms with Gasteiger partial charge in [0.1, 0.15) is 12.1 Å². The summed E-state index contributed by atoms with van der Waals surface area (Å²) in [6.45, 7) is 3.20. The van der Waals surface area contributed by atoms with Gasteiger partial charge in [0.05, 0.1) is 0 Å². The number of H-pyrrole nitrogens is 1. The van der Waals surface area contributed by atoms with Crippen molar-refractivity contribution in [1.29, 1.82) is 0 Å². The van der Waals surface area contributed by atoms with Crippen LogP contribution in [0.5, 0.6) is 0 Å². The van der Waals surface area contributed by atoms with Gasteiger partial charge in [-0.15, -0.1) is 0 Å². The molecule has 6 heteroatoms. The normalized spacial score (nSPS) is 17.9. The minimum atomic E-state index is -0.259. The van der Waals surface area contributed by atoms with Crippen molar-refractivity contribution in [3.8, 4) is 0 Å². The second kappa shape index (κ2) is 3.58. The summed E-state index contributed by atoms with van der Waals surface area (Å²) in [5, 5.41) is 9.60. The Hall–Kier alpha value is -1.85. The standard InChI is InChI=1S/C11H15N5O/c1-11(3-2-4-11)6-12-8-5-9-14-15-10(17)16(9)7-13-8/h5,7,12H,2-4,6H2,1H3,(H,15,17). The monoisotopic (exact) mass is 233 g/mol. The Morgan fingerprint density at radius 2 is 2.41 bits per heavy atom. The van der Waals surface area contributed by atoms with E-state index in [1.807, 2.05) is 0 Å². The van der Waals surface area contributed by atoms with E-state index in [0.717, 1.165) is 12.4 Å². The lowest BCUT2D eigenvalue weighted by molar-refractivity contribution is 0.180. The number of anilines is 1. The molecule has 0 radical (unpaired) electrons. The molecule has 1 saturated carbocycles. The van der Waals surface area contributed by atoms with Crippen LogP contribution in [0.1, 0.15) is 26.2 Å². The lowest BCUT2D eigenvalue weighted by atomic mass is 9.70. The number of nitrogens with one attached hydrogen (secondary N) is 2. The van der Waals surface area contributed by atoms with Crippen molar-refractivity contribution in [3.63, 3.8) is 0 Å². The SMILES string of the molecule is CC1(CNc2cc3n[nH]c(=O)n3cn2)CCC1. The van der Waals surface area contributed by atoms with Gasteiger partial charge in [-0.25, -0.2) is 19.3 Å². The summed E-state index contributed by atoms with van der Waals surface area (Å²) < 4.78 is 1.39. The molecule has 1 aliphatic rings. The first-order valence-electron chi connectivity index (χ1n) is 5.83. The molecule has 90 valence electrons. The van der Waals surface area contributed by atoms with Gasteiger partial charge in [-0.1, -0.05) is 13.3 Å². The third kappa shape index (κ3) is 1.79. The van der Waals surface area contributed by atoms with E-state index < -0.39 is 0 Å². The van der Waals surface area contributed by atoms with E-state index in [9.17, 15) is 4.79 Å². The summed E-state index contributed by atoms with van der Waals surface area (Å²) in [6, 6.07) is 1.78. The third-order valence-corrected chi connectivity index (χ3v) is 3.57. The number of rotatable bonds is 3. The zero-order valence-corrected chi connectivity index (χ0v) is 9.73. The van der Waals surface area contributed by atoms with Crippen LogP contribution in [0, 0.1) is 5.41 Å². The van der Waals surface area contributed by atoms with Crippen LogP contribution in [0.15, 0.2) is 17.2 Å². The smallest absolute Gasteiger partial charge is 0.348 e. The molecule has 2 aromatic heterocycles. The minimum absolute atomic E-state index is 0.259. The van der Waals surface area contributed by atoms with E-state index in [0.29, 0.717) is 11.1 Å². The first-order chi connectivity index (χ1) is 8.16. The molecule has 0 atom stereocenters. The van der Waals surface area contributed by atoms with E-state index >= 15 is 0 Å². The number of aromatic nitrogens is 4. The maximum atomic E-state index is 11.2. The molecule has 3 rings (SSSR count). The van der Waals surface area contributed by atoms with Crippen LogP contribution >= 0.6 is 0 Å². The molecule has 0 amide bonds. The first-order valence-corrected chi connectivity index (χ1v) is 5.83. The fraction of sp³-hybridized carbons (Fsp3) is 0.545. The molecule has 0 unspecified atom stereocenters. The number of hydrogen-bond donors (Lipinski definition) is 2. The number of fused-ring (bicyclic) bond motifs is 1. The molecule has 0 saturated heterocycles. The van der Waals surface area contributed by atoms with Gasteiger partial charge in [0.25, 0.3) is 0 Å². The van der Waals surface area contributed by atoms with Gasteiger partial charge >= 0.3 is 5.69 Å². The lowest BCUT2D eigenvalue weighted by Gasteiger charge is -2.38. The van der Waals surface area contributed by atoms with Gasteiger partial charge in [0, 0.05) is 12.6 Å². The second-order valence-corrected chi connectivity index (χ2v) is 5.05. The van der Waals surface area contributed by atoms with Crippen molar-refractivity contribution in [2.24, 2.45) is 5.41 Å². The van der Waals surface area contributed by atoms with Gasteiger partial charge in [-0.2, -0.15) is 5.10 Å². The van der Waals surface area contributed by atoms with Gasteiger partial charge in [0.15, 0.2) is 5.65 Å². The lowest BCUT2D eigenvalue weighted by Crippen LogP contribution is -2.33. The number of nitrogens with zero attached hydrogens (tertiary/aromatic N) is 3. The molecule has 17 heavy (non-hydrogen) atoms. The largest absolute Gasteiger partial charge is 0.369 e. The highest BCUT2D eigenvalue weighted by Crippen LogP contribution is 2.40. The predicted molar refractivity (Wildman–Crippen MR) is 64.1 cm³/mol. The molecule has 2 heterocycles. The van der Waals surface area contributed by atoms with Gasteiger partial charge in [0.2, 0.25) is 0 Å². The van der Waals surface area contributed by atoms with Gasteiger partial charge in [-0.05, 0) is 18.3 Å². The molecule has 1 fully saturated rings. The van der Waals surface area contributed by atoms with Crippen molar-refractivity contribution in [3.05, 3.63) is 22.9 Å². The van der Waals surface area contributed by atoms with Crippen molar-refractivity contribution >= 4 is 11.5 Å². The molecular weight excluding hydrogens is 218 g/mol. The first kappa shape index (κ1) is 10.3. The maximum Gasteiger partial charge on any atom is 0.348 e. The summed E-state index contributed by atoms with van der Waals surface area (Å²) in [5.41, 5.74) is 0.732. The molecule has 1 aliphatic carbocycles. The Morgan fingerprint density at radius 1 is 1.59 bits per heavy atom. The Balaban J connectivity index is 1.79. The summed E-state index contributed by atoms with van der Waals surface area (Å²) >= 11 is 0. The van der Waals surface area contributed by atoms with Crippen LogP contribution < -0.4 is 11.0 Å². The quantitative estimate of drug-likeness (QED) is 0.830. The van der Waals surface area contributed by atoms with Crippen LogP contribution in [0.4, 0.5) is 5.82 Å². The molecule has 2 aromatic rings. The highest BCUT2D eigenvalue weighted by Gasteiger charge is 2.31. The topological polar surface area (TPSA) is 75.1 Å². The molecule has 0 bridgehead atoms. The molecule has 2 N–H and O–H groups in total. The zero-order chi connectivity index (χ0) is 11.9. The van der Waals surface area contributed by atoms with Crippen molar-refractivity contribution in [1.82, 2.24) is 19.6 Å². The van der Waals surface area contributed by atoms with E-state index in [1.165, 1.54) is 30.0 Å². The Bertz CT molecular complexity index is 595. The molecule has 6 nitrogen and oxygen atoms in total. The van der Waals surface area contributed by atoms with E-state index in [1.54, 1.807) is 6.07 Å². The molecular formula is C11H15N5O. The van der Waals surface area contributed by atoms with Crippen molar-refractivity contribution in [2.75, 3.05) is 11.9 Å². The number of hydrogen-bond acceptors (Lipinski definition) is 4. The Labute approximate surface area is 98.1 Å². The van der Waals surface area contributed by atoms with Gasteiger partial charge < -0.3 is 5.32 Å². The Kier molecular flexibility index (Phi) is 2.17. The average Bonchev–Trinajstić information content (AvgIpc) is 2.66. The highest BCUT2D eigenvalue weighted by molar-refractivity contribution is 5.48. The molecule has 0 spiro atoms. The van der Waals surface area contributed by atoms with E-state index in [4.69, 9.17) is 0 Å². The van der Waals surface area contributed by atoms with Gasteiger partial charge in [-0.3, -0.25) is 0 Å². The summed E-state index contributed by atoms with van der Waals surface area (Å²) in [6.07, 6.45) is 5.35. The highest BCUT2D eigenvalue weighted by atomic mass is 16.1. The van der Waals surface area contributed by atoms with Crippen LogP contribution in [-0.4, -0.2) is 26.1 Å². The zero-order valence-electron chi connectivity index (χ0n) is 9.73.